The third kappa shape index (κ3) is 5.45. The maximum absolute atomic E-state index is 12.2. The third-order valence-electron chi connectivity index (χ3n) is 5.23. The molecule has 1 aliphatic rings. The number of nitrogens with zero attached hydrogens (tertiary/aromatic N) is 3. The van der Waals surface area contributed by atoms with Gasteiger partial charge in [0.1, 0.15) is 17.5 Å². The fourth-order valence-corrected chi connectivity index (χ4v) is 3.93. The van der Waals surface area contributed by atoms with Gasteiger partial charge < -0.3 is 19.4 Å². The van der Waals surface area contributed by atoms with Crippen molar-refractivity contribution in [3.05, 3.63) is 64.5 Å². The number of rotatable bonds is 7. The fraction of sp³-hybridized carbons (Fsp3) is 0.364. The number of fused-ring (bicyclic) bond motifs is 1. The summed E-state index contributed by atoms with van der Waals surface area (Å²) in [5, 5.41) is 4.03. The van der Waals surface area contributed by atoms with Crippen LogP contribution in [0, 0.1) is 0 Å². The Balaban J connectivity index is 1.15. The maximum atomic E-state index is 12.2. The molecule has 3 aromatic rings. The van der Waals surface area contributed by atoms with Crippen molar-refractivity contribution in [3.8, 4) is 5.75 Å². The number of benzene rings is 1. The summed E-state index contributed by atoms with van der Waals surface area (Å²) in [5.41, 5.74) is 1.63. The van der Waals surface area contributed by atoms with Crippen LogP contribution in [-0.4, -0.2) is 52.5 Å². The van der Waals surface area contributed by atoms with E-state index in [9.17, 15) is 4.79 Å². The van der Waals surface area contributed by atoms with E-state index in [1.54, 1.807) is 12.1 Å². The molecule has 4 rings (SSSR count). The number of imidazole rings is 1. The number of amides is 1. The minimum absolute atomic E-state index is 0.00348. The number of hydrogen-bond donors (Lipinski definition) is 1. The van der Waals surface area contributed by atoms with Gasteiger partial charge in [0.05, 0.1) is 22.2 Å². The number of likely N-dealkylation sites (tertiary alicyclic amines) is 1. The van der Waals surface area contributed by atoms with Crippen LogP contribution in [0.1, 0.15) is 18.5 Å². The largest absolute Gasteiger partial charge is 0.490 e. The molecular formula is C22H24Cl2N4O2. The standard InChI is InChI=1S/C22H24Cl2N4O2/c23-19-5-4-18(14-20(19)24)30-17-6-10-27(11-7-17)12-8-25-22(29)13-16-15-28-9-2-1-3-21(28)26-16/h1-5,9,14-15,17H,6-8,10-13H2,(H,25,29). The molecule has 3 heterocycles. The van der Waals surface area contributed by atoms with E-state index >= 15 is 0 Å². The Labute approximate surface area is 185 Å². The Morgan fingerprint density at radius 1 is 1.17 bits per heavy atom. The van der Waals surface area contributed by atoms with Gasteiger partial charge in [-0.25, -0.2) is 4.98 Å². The van der Waals surface area contributed by atoms with Gasteiger partial charge in [0.25, 0.3) is 0 Å². The van der Waals surface area contributed by atoms with Crippen molar-refractivity contribution >= 4 is 34.8 Å². The molecule has 1 amide bonds. The average Bonchev–Trinajstić information content (AvgIpc) is 3.14. The van der Waals surface area contributed by atoms with E-state index in [-0.39, 0.29) is 12.0 Å². The van der Waals surface area contributed by atoms with Crippen LogP contribution < -0.4 is 10.1 Å². The molecule has 1 fully saturated rings. The second-order valence-corrected chi connectivity index (χ2v) is 8.27. The highest BCUT2D eigenvalue weighted by molar-refractivity contribution is 6.42. The van der Waals surface area contributed by atoms with E-state index in [2.05, 4.69) is 15.2 Å². The Morgan fingerprint density at radius 2 is 2.00 bits per heavy atom. The van der Waals surface area contributed by atoms with Crippen molar-refractivity contribution in [2.24, 2.45) is 0 Å². The van der Waals surface area contributed by atoms with Crippen molar-refractivity contribution in [2.45, 2.75) is 25.4 Å². The second kappa shape index (κ2) is 9.69. The normalized spacial score (nSPS) is 15.4. The molecule has 6 nitrogen and oxygen atoms in total. The summed E-state index contributed by atoms with van der Waals surface area (Å²) >= 11 is 12.0. The highest BCUT2D eigenvalue weighted by Gasteiger charge is 2.20. The molecule has 8 heteroatoms. The summed E-state index contributed by atoms with van der Waals surface area (Å²) in [5.74, 6) is 0.748. The molecule has 2 aromatic heterocycles. The molecule has 0 bridgehead atoms. The SMILES string of the molecule is O=C(Cc1cn2ccccc2n1)NCCN1CCC(Oc2ccc(Cl)c(Cl)c2)CC1. The average molecular weight is 447 g/mol. The van der Waals surface area contributed by atoms with Crippen molar-refractivity contribution in [3.63, 3.8) is 0 Å². The lowest BCUT2D eigenvalue weighted by Gasteiger charge is -2.32. The lowest BCUT2D eigenvalue weighted by Crippen LogP contribution is -2.42. The molecule has 0 aliphatic carbocycles. The number of hydrogen-bond acceptors (Lipinski definition) is 4. The Morgan fingerprint density at radius 3 is 2.77 bits per heavy atom. The molecule has 1 aromatic carbocycles. The van der Waals surface area contributed by atoms with Crippen LogP contribution in [0.15, 0.2) is 48.8 Å². The highest BCUT2D eigenvalue weighted by atomic mass is 35.5. The molecule has 0 saturated carbocycles. The van der Waals surface area contributed by atoms with Crippen LogP contribution in [0.4, 0.5) is 0 Å². The minimum Gasteiger partial charge on any atom is -0.490 e. The van der Waals surface area contributed by atoms with Gasteiger partial charge in [-0.2, -0.15) is 0 Å². The predicted octanol–water partition coefficient (Wildman–Crippen LogP) is 3.84. The van der Waals surface area contributed by atoms with Crippen molar-refractivity contribution < 1.29 is 9.53 Å². The fourth-order valence-electron chi connectivity index (χ4n) is 3.65. The first-order chi connectivity index (χ1) is 14.6. The van der Waals surface area contributed by atoms with Gasteiger partial charge in [0.2, 0.25) is 5.91 Å². The molecule has 1 aliphatic heterocycles. The van der Waals surface area contributed by atoms with Crippen LogP contribution >= 0.6 is 23.2 Å². The summed E-state index contributed by atoms with van der Waals surface area (Å²) in [6.45, 7) is 3.34. The molecule has 0 unspecified atom stereocenters. The van der Waals surface area contributed by atoms with E-state index in [4.69, 9.17) is 27.9 Å². The number of ether oxygens (including phenoxy) is 1. The van der Waals surface area contributed by atoms with Crippen LogP contribution in [0.25, 0.3) is 5.65 Å². The molecule has 0 radical (unpaired) electrons. The van der Waals surface area contributed by atoms with Crippen molar-refractivity contribution in [1.29, 1.82) is 0 Å². The van der Waals surface area contributed by atoms with E-state index in [1.807, 2.05) is 41.1 Å². The first-order valence-corrected chi connectivity index (χ1v) is 10.9. The number of nitrogens with one attached hydrogen (secondary N) is 1. The summed E-state index contributed by atoms with van der Waals surface area (Å²) in [4.78, 5) is 19.0. The lowest BCUT2D eigenvalue weighted by atomic mass is 10.1. The third-order valence-corrected chi connectivity index (χ3v) is 5.97. The van der Waals surface area contributed by atoms with Crippen molar-refractivity contribution in [2.75, 3.05) is 26.2 Å². The second-order valence-electron chi connectivity index (χ2n) is 7.46. The summed E-state index contributed by atoms with van der Waals surface area (Å²) in [7, 11) is 0. The van der Waals surface area contributed by atoms with Gasteiger partial charge in [0, 0.05) is 44.6 Å². The maximum Gasteiger partial charge on any atom is 0.226 e. The van der Waals surface area contributed by atoms with Gasteiger partial charge in [-0.05, 0) is 37.1 Å². The summed E-state index contributed by atoms with van der Waals surface area (Å²) in [6.07, 6.45) is 6.17. The zero-order valence-corrected chi connectivity index (χ0v) is 18.1. The van der Waals surface area contributed by atoms with Crippen LogP contribution in [0.5, 0.6) is 5.75 Å². The van der Waals surface area contributed by atoms with E-state index in [0.717, 1.165) is 49.6 Å². The van der Waals surface area contributed by atoms with Gasteiger partial charge in [-0.3, -0.25) is 4.79 Å². The number of halogens is 2. The Bertz CT molecular complexity index is 982. The summed E-state index contributed by atoms with van der Waals surface area (Å²) < 4.78 is 7.95. The molecule has 158 valence electrons. The van der Waals surface area contributed by atoms with Crippen LogP contribution in [0.2, 0.25) is 10.0 Å². The quantitative estimate of drug-likeness (QED) is 0.598. The molecular weight excluding hydrogens is 423 g/mol. The molecule has 1 saturated heterocycles. The Hall–Kier alpha value is -2.28. The predicted molar refractivity (Wildman–Crippen MR) is 118 cm³/mol. The van der Waals surface area contributed by atoms with Gasteiger partial charge in [-0.1, -0.05) is 29.3 Å². The van der Waals surface area contributed by atoms with Crippen LogP contribution in [-0.2, 0) is 11.2 Å². The van der Waals surface area contributed by atoms with E-state index in [1.165, 1.54) is 0 Å². The first kappa shape index (κ1) is 21.0. The Kier molecular flexibility index (Phi) is 6.77. The van der Waals surface area contributed by atoms with E-state index < -0.39 is 0 Å². The van der Waals surface area contributed by atoms with Gasteiger partial charge in [0.15, 0.2) is 0 Å². The summed E-state index contributed by atoms with van der Waals surface area (Å²) in [6, 6.07) is 11.2. The van der Waals surface area contributed by atoms with Crippen molar-refractivity contribution in [1.82, 2.24) is 19.6 Å². The molecule has 30 heavy (non-hydrogen) atoms. The lowest BCUT2D eigenvalue weighted by molar-refractivity contribution is -0.120. The zero-order chi connectivity index (χ0) is 20.9. The smallest absolute Gasteiger partial charge is 0.226 e. The molecule has 1 N–H and O–H groups in total. The number of piperidine rings is 1. The molecule has 0 spiro atoms. The number of carbonyl (C=O) groups is 1. The monoisotopic (exact) mass is 446 g/mol. The number of carbonyl (C=O) groups excluding carboxylic acids is 1. The number of pyridine rings is 1. The molecule has 0 atom stereocenters. The topological polar surface area (TPSA) is 58.9 Å². The number of aromatic nitrogens is 2. The highest BCUT2D eigenvalue weighted by Crippen LogP contribution is 2.28. The zero-order valence-electron chi connectivity index (χ0n) is 16.6. The first-order valence-electron chi connectivity index (χ1n) is 10.1. The van der Waals surface area contributed by atoms with Gasteiger partial charge >= 0.3 is 0 Å². The van der Waals surface area contributed by atoms with E-state index in [0.29, 0.717) is 23.0 Å². The van der Waals surface area contributed by atoms with Crippen LogP contribution in [0.3, 0.4) is 0 Å². The van der Waals surface area contributed by atoms with Gasteiger partial charge in [-0.15, -0.1) is 0 Å². The minimum atomic E-state index is -0.00348.